The summed E-state index contributed by atoms with van der Waals surface area (Å²) in [6.45, 7) is 5.94. The first-order valence-electron chi connectivity index (χ1n) is 6.11. The van der Waals surface area contributed by atoms with Crippen LogP contribution in [-0.2, 0) is 0 Å². The summed E-state index contributed by atoms with van der Waals surface area (Å²) in [6.07, 6.45) is 6.54. The molecule has 0 aliphatic heterocycles. The van der Waals surface area contributed by atoms with Crippen LogP contribution in [0.4, 0.5) is 0 Å². The fourth-order valence-corrected chi connectivity index (χ4v) is 2.67. The summed E-state index contributed by atoms with van der Waals surface area (Å²) in [7, 11) is 0. The molecule has 0 aromatic carbocycles. The molecule has 2 nitrogen and oxygen atoms in total. The first kappa shape index (κ1) is 10.4. The van der Waals surface area contributed by atoms with Gasteiger partial charge >= 0.3 is 0 Å². The minimum atomic E-state index is 0.460. The largest absolute Gasteiger partial charge is 0.328 e. The lowest BCUT2D eigenvalue weighted by atomic mass is 9.92. The van der Waals surface area contributed by atoms with Crippen molar-refractivity contribution in [2.24, 2.45) is 17.1 Å². The first-order valence-corrected chi connectivity index (χ1v) is 6.11. The molecule has 2 aliphatic rings. The number of nitrogens with one attached hydrogen (secondary N) is 1. The predicted molar refractivity (Wildman–Crippen MR) is 60.1 cm³/mol. The van der Waals surface area contributed by atoms with E-state index in [4.69, 9.17) is 5.73 Å². The molecule has 0 amide bonds. The van der Waals surface area contributed by atoms with E-state index in [1.807, 2.05) is 0 Å². The summed E-state index contributed by atoms with van der Waals surface area (Å²) >= 11 is 0. The summed E-state index contributed by atoms with van der Waals surface area (Å²) in [6, 6.07) is 1.17. The van der Waals surface area contributed by atoms with Crippen LogP contribution in [0.5, 0.6) is 0 Å². The molecular weight excluding hydrogens is 172 g/mol. The molecule has 2 unspecified atom stereocenters. The molecule has 0 saturated heterocycles. The quantitative estimate of drug-likeness (QED) is 0.720. The summed E-state index contributed by atoms with van der Waals surface area (Å²) in [5.74, 6) is 0.838. The average Bonchev–Trinajstić information content (AvgIpc) is 2.82. The summed E-state index contributed by atoms with van der Waals surface area (Å²) < 4.78 is 0. The van der Waals surface area contributed by atoms with E-state index in [2.05, 4.69) is 19.2 Å². The maximum Gasteiger partial charge on any atom is 0.00826 e. The average molecular weight is 196 g/mol. The van der Waals surface area contributed by atoms with Crippen molar-refractivity contribution in [1.29, 1.82) is 0 Å². The fraction of sp³-hybridized carbons (Fsp3) is 1.00. The second kappa shape index (κ2) is 3.82. The monoisotopic (exact) mass is 196 g/mol. The van der Waals surface area contributed by atoms with Crippen LogP contribution >= 0.6 is 0 Å². The lowest BCUT2D eigenvalue weighted by Gasteiger charge is -2.22. The maximum absolute atomic E-state index is 5.90. The molecule has 0 radical (unpaired) electrons. The molecule has 0 bridgehead atoms. The lowest BCUT2D eigenvalue weighted by molar-refractivity contribution is 0.319. The second-order valence-corrected chi connectivity index (χ2v) is 5.67. The number of rotatable bonds is 4. The highest BCUT2D eigenvalue weighted by atomic mass is 15.0. The van der Waals surface area contributed by atoms with Gasteiger partial charge in [-0.15, -0.1) is 0 Å². The Labute approximate surface area is 87.6 Å². The molecule has 0 aromatic heterocycles. The zero-order valence-corrected chi connectivity index (χ0v) is 9.55. The third-order valence-corrected chi connectivity index (χ3v) is 4.33. The van der Waals surface area contributed by atoms with E-state index in [0.717, 1.165) is 5.92 Å². The molecule has 82 valence electrons. The Morgan fingerprint density at radius 1 is 1.36 bits per heavy atom. The minimum absolute atomic E-state index is 0.460. The Hall–Kier alpha value is -0.0800. The first-order chi connectivity index (χ1) is 6.62. The third kappa shape index (κ3) is 2.12. The molecule has 2 saturated carbocycles. The molecule has 0 aromatic rings. The number of hydrogen-bond donors (Lipinski definition) is 2. The Morgan fingerprint density at radius 2 is 2.07 bits per heavy atom. The highest BCUT2D eigenvalue weighted by molar-refractivity contribution is 4.98. The Kier molecular flexibility index (Phi) is 2.85. The molecule has 2 aliphatic carbocycles. The van der Waals surface area contributed by atoms with Gasteiger partial charge in [0.05, 0.1) is 0 Å². The van der Waals surface area contributed by atoms with Crippen LogP contribution in [-0.4, -0.2) is 18.6 Å². The van der Waals surface area contributed by atoms with Crippen LogP contribution < -0.4 is 11.1 Å². The van der Waals surface area contributed by atoms with Gasteiger partial charge < -0.3 is 11.1 Å². The molecular formula is C12H24N2. The Balaban J connectivity index is 1.72. The fourth-order valence-electron chi connectivity index (χ4n) is 2.67. The topological polar surface area (TPSA) is 38.0 Å². The smallest absolute Gasteiger partial charge is 0.00826 e. The van der Waals surface area contributed by atoms with Crippen LogP contribution in [0.25, 0.3) is 0 Å². The maximum atomic E-state index is 5.90. The van der Waals surface area contributed by atoms with Gasteiger partial charge in [0.15, 0.2) is 0 Å². The molecule has 2 heteroatoms. The van der Waals surface area contributed by atoms with Gasteiger partial charge in [-0.1, -0.05) is 13.8 Å². The van der Waals surface area contributed by atoms with Crippen LogP contribution in [0.1, 0.15) is 46.0 Å². The van der Waals surface area contributed by atoms with E-state index >= 15 is 0 Å². The molecule has 2 rings (SSSR count). The van der Waals surface area contributed by atoms with E-state index in [-0.39, 0.29) is 0 Å². The van der Waals surface area contributed by atoms with Crippen LogP contribution in [0.3, 0.4) is 0 Å². The van der Waals surface area contributed by atoms with Crippen molar-refractivity contribution >= 4 is 0 Å². The molecule has 2 fully saturated rings. The van der Waals surface area contributed by atoms with Gasteiger partial charge in [-0.05, 0) is 43.4 Å². The van der Waals surface area contributed by atoms with Gasteiger partial charge in [-0.25, -0.2) is 0 Å². The van der Waals surface area contributed by atoms with Crippen molar-refractivity contribution in [1.82, 2.24) is 5.32 Å². The number of nitrogens with two attached hydrogens (primary N) is 1. The van der Waals surface area contributed by atoms with Crippen LogP contribution in [0, 0.1) is 11.3 Å². The Bertz CT molecular complexity index is 196. The Morgan fingerprint density at radius 3 is 2.50 bits per heavy atom. The molecule has 0 heterocycles. The van der Waals surface area contributed by atoms with Gasteiger partial charge in [-0.3, -0.25) is 0 Å². The van der Waals surface area contributed by atoms with Gasteiger partial charge in [-0.2, -0.15) is 0 Å². The van der Waals surface area contributed by atoms with Crippen LogP contribution in [0.2, 0.25) is 0 Å². The van der Waals surface area contributed by atoms with Crippen molar-refractivity contribution in [2.45, 2.75) is 58.0 Å². The third-order valence-electron chi connectivity index (χ3n) is 4.33. The van der Waals surface area contributed by atoms with E-state index in [1.165, 1.54) is 38.6 Å². The minimum Gasteiger partial charge on any atom is -0.328 e. The van der Waals surface area contributed by atoms with Crippen molar-refractivity contribution in [3.63, 3.8) is 0 Å². The highest BCUT2D eigenvalue weighted by Crippen LogP contribution is 2.51. The van der Waals surface area contributed by atoms with Crippen LogP contribution in [0.15, 0.2) is 0 Å². The summed E-state index contributed by atoms with van der Waals surface area (Å²) in [5, 5.41) is 3.72. The zero-order chi connectivity index (χ0) is 10.2. The SMILES string of the molecule is CC(C)C1(CNC2CCC(N)C2)CC1. The normalized spacial score (nSPS) is 35.1. The van der Waals surface area contributed by atoms with Gasteiger partial charge in [0.2, 0.25) is 0 Å². The molecule has 3 N–H and O–H groups in total. The molecule has 0 spiro atoms. The second-order valence-electron chi connectivity index (χ2n) is 5.67. The zero-order valence-electron chi connectivity index (χ0n) is 9.55. The van der Waals surface area contributed by atoms with Gasteiger partial charge in [0.1, 0.15) is 0 Å². The van der Waals surface area contributed by atoms with E-state index in [0.29, 0.717) is 17.5 Å². The van der Waals surface area contributed by atoms with Crippen molar-refractivity contribution in [3.8, 4) is 0 Å². The predicted octanol–water partition coefficient (Wildman–Crippen LogP) is 1.89. The molecule has 14 heavy (non-hydrogen) atoms. The lowest BCUT2D eigenvalue weighted by Crippen LogP contribution is -2.35. The van der Waals surface area contributed by atoms with Crippen molar-refractivity contribution < 1.29 is 0 Å². The molecule has 2 atom stereocenters. The summed E-state index contributed by atoms with van der Waals surface area (Å²) in [4.78, 5) is 0. The van der Waals surface area contributed by atoms with E-state index < -0.39 is 0 Å². The highest BCUT2D eigenvalue weighted by Gasteiger charge is 2.45. The van der Waals surface area contributed by atoms with Crippen molar-refractivity contribution in [2.75, 3.05) is 6.54 Å². The van der Waals surface area contributed by atoms with Gasteiger partial charge in [0, 0.05) is 18.6 Å². The van der Waals surface area contributed by atoms with Gasteiger partial charge in [0.25, 0.3) is 0 Å². The van der Waals surface area contributed by atoms with E-state index in [9.17, 15) is 0 Å². The standard InChI is InChI=1S/C12H24N2/c1-9(2)12(5-6-12)8-14-11-4-3-10(13)7-11/h9-11,14H,3-8,13H2,1-2H3. The number of hydrogen-bond acceptors (Lipinski definition) is 2. The summed E-state index contributed by atoms with van der Waals surface area (Å²) in [5.41, 5.74) is 6.55. The van der Waals surface area contributed by atoms with Crippen molar-refractivity contribution in [3.05, 3.63) is 0 Å². The van der Waals surface area contributed by atoms with E-state index in [1.54, 1.807) is 0 Å².